The summed E-state index contributed by atoms with van der Waals surface area (Å²) in [5.41, 5.74) is -0.302. The molecule has 0 amide bonds. The molecule has 17 heavy (non-hydrogen) atoms. The lowest BCUT2D eigenvalue weighted by Gasteiger charge is -2.05. The first-order valence-electron chi connectivity index (χ1n) is 4.45. The molecule has 0 saturated heterocycles. The zero-order chi connectivity index (χ0) is 12.6. The molecule has 2 aromatic rings. The average Bonchev–Trinajstić information content (AvgIpc) is 2.65. The minimum atomic E-state index is -4.39. The quantitative estimate of drug-likeness (QED) is 0.764. The summed E-state index contributed by atoms with van der Waals surface area (Å²) in [4.78, 5) is 0. The standard InChI is InChI=1S/C10H5BrClF3N2/c11-8-3-7(12)1-2-9(8)17-5-6(4-16-17)10(13,14)15/h1-5H. The van der Waals surface area contributed by atoms with Crippen LogP contribution in [0.1, 0.15) is 5.56 Å². The van der Waals surface area contributed by atoms with Crippen LogP contribution >= 0.6 is 27.5 Å². The SMILES string of the molecule is FC(F)(F)c1cnn(-c2ccc(Cl)cc2Br)c1. The van der Waals surface area contributed by atoms with E-state index in [1.807, 2.05) is 0 Å². The van der Waals surface area contributed by atoms with Gasteiger partial charge in [0.05, 0.1) is 17.4 Å². The van der Waals surface area contributed by atoms with Gasteiger partial charge >= 0.3 is 6.18 Å². The molecule has 0 fully saturated rings. The summed E-state index contributed by atoms with van der Waals surface area (Å²) < 4.78 is 38.9. The molecule has 1 aromatic heterocycles. The number of nitrogens with zero attached hydrogens (tertiary/aromatic N) is 2. The van der Waals surface area contributed by atoms with E-state index in [1.54, 1.807) is 18.2 Å². The highest BCUT2D eigenvalue weighted by molar-refractivity contribution is 9.10. The van der Waals surface area contributed by atoms with Crippen LogP contribution in [0.15, 0.2) is 35.1 Å². The lowest BCUT2D eigenvalue weighted by molar-refractivity contribution is -0.137. The summed E-state index contributed by atoms with van der Waals surface area (Å²) in [7, 11) is 0. The van der Waals surface area contributed by atoms with Crippen LogP contribution in [0.2, 0.25) is 5.02 Å². The lowest BCUT2D eigenvalue weighted by atomic mass is 10.3. The van der Waals surface area contributed by atoms with Crippen LogP contribution in [0, 0.1) is 0 Å². The first kappa shape index (κ1) is 12.4. The topological polar surface area (TPSA) is 17.8 Å². The molecular formula is C10H5BrClF3N2. The highest BCUT2D eigenvalue weighted by atomic mass is 79.9. The second-order valence-electron chi connectivity index (χ2n) is 3.27. The first-order chi connectivity index (χ1) is 7.88. The van der Waals surface area contributed by atoms with E-state index < -0.39 is 11.7 Å². The number of hydrogen-bond acceptors (Lipinski definition) is 1. The number of benzene rings is 1. The van der Waals surface area contributed by atoms with Gasteiger partial charge in [-0.3, -0.25) is 0 Å². The summed E-state index contributed by atoms with van der Waals surface area (Å²) in [5.74, 6) is 0. The molecule has 7 heteroatoms. The minimum absolute atomic E-state index is 0.490. The van der Waals surface area contributed by atoms with Crippen molar-refractivity contribution in [2.45, 2.75) is 6.18 Å². The van der Waals surface area contributed by atoms with Crippen molar-refractivity contribution in [3.8, 4) is 5.69 Å². The molecule has 90 valence electrons. The molecule has 0 radical (unpaired) electrons. The van der Waals surface area contributed by atoms with Crippen molar-refractivity contribution in [3.63, 3.8) is 0 Å². The molecule has 2 rings (SSSR count). The normalized spacial score (nSPS) is 11.8. The Labute approximate surface area is 108 Å². The third-order valence-corrected chi connectivity index (χ3v) is 2.94. The number of alkyl halides is 3. The fourth-order valence-corrected chi connectivity index (χ4v) is 2.13. The smallest absolute Gasteiger partial charge is 0.239 e. The summed E-state index contributed by atoms with van der Waals surface area (Å²) in [6.45, 7) is 0. The van der Waals surface area contributed by atoms with E-state index in [0.717, 1.165) is 17.1 Å². The van der Waals surface area contributed by atoms with Crippen molar-refractivity contribution in [3.05, 3.63) is 45.7 Å². The molecule has 1 aromatic carbocycles. The summed E-state index contributed by atoms with van der Waals surface area (Å²) in [6.07, 6.45) is -2.69. The van der Waals surface area contributed by atoms with E-state index >= 15 is 0 Å². The number of halogens is 5. The van der Waals surface area contributed by atoms with E-state index in [9.17, 15) is 13.2 Å². The predicted octanol–water partition coefficient (Wildman–Crippen LogP) is 4.31. The van der Waals surface area contributed by atoms with Gasteiger partial charge in [0.25, 0.3) is 0 Å². The van der Waals surface area contributed by atoms with Crippen LogP contribution in [0.3, 0.4) is 0 Å². The van der Waals surface area contributed by atoms with Crippen molar-refractivity contribution < 1.29 is 13.2 Å². The Kier molecular flexibility index (Phi) is 3.18. The van der Waals surface area contributed by atoms with Crippen molar-refractivity contribution in [1.29, 1.82) is 0 Å². The monoisotopic (exact) mass is 324 g/mol. The molecular weight excluding hydrogens is 320 g/mol. The molecule has 0 aliphatic rings. The Morgan fingerprint density at radius 2 is 2.00 bits per heavy atom. The van der Waals surface area contributed by atoms with Gasteiger partial charge < -0.3 is 0 Å². The van der Waals surface area contributed by atoms with Crippen molar-refractivity contribution in [1.82, 2.24) is 9.78 Å². The zero-order valence-corrected chi connectivity index (χ0v) is 10.5. The van der Waals surface area contributed by atoms with E-state index in [0.29, 0.717) is 15.2 Å². The van der Waals surface area contributed by atoms with Crippen LogP contribution in [0.25, 0.3) is 5.69 Å². The third kappa shape index (κ3) is 2.63. The number of hydrogen-bond donors (Lipinski definition) is 0. The second-order valence-corrected chi connectivity index (χ2v) is 4.56. The first-order valence-corrected chi connectivity index (χ1v) is 5.62. The van der Waals surface area contributed by atoms with Crippen molar-refractivity contribution in [2.24, 2.45) is 0 Å². The summed E-state index contributed by atoms with van der Waals surface area (Å²) >= 11 is 8.96. The maximum atomic E-state index is 12.4. The Balaban J connectivity index is 2.44. The van der Waals surface area contributed by atoms with Gasteiger partial charge in [0, 0.05) is 15.7 Å². The van der Waals surface area contributed by atoms with Crippen molar-refractivity contribution in [2.75, 3.05) is 0 Å². The van der Waals surface area contributed by atoms with E-state index in [-0.39, 0.29) is 0 Å². The van der Waals surface area contributed by atoms with Crippen LogP contribution in [0.5, 0.6) is 0 Å². The van der Waals surface area contributed by atoms with E-state index in [4.69, 9.17) is 11.6 Å². The van der Waals surface area contributed by atoms with Gasteiger partial charge in [-0.05, 0) is 34.1 Å². The van der Waals surface area contributed by atoms with Crippen LogP contribution in [-0.4, -0.2) is 9.78 Å². The molecule has 0 saturated carbocycles. The molecule has 2 nitrogen and oxygen atoms in total. The van der Waals surface area contributed by atoms with Gasteiger partial charge in [0.15, 0.2) is 0 Å². The molecule has 1 heterocycles. The summed E-state index contributed by atoms with van der Waals surface area (Å²) in [6, 6.07) is 4.75. The van der Waals surface area contributed by atoms with Crippen LogP contribution in [-0.2, 0) is 6.18 Å². The Hall–Kier alpha value is -1.01. The molecule has 0 bridgehead atoms. The Morgan fingerprint density at radius 3 is 2.53 bits per heavy atom. The van der Waals surface area contributed by atoms with Gasteiger partial charge in [-0.25, -0.2) is 4.68 Å². The van der Waals surface area contributed by atoms with Crippen LogP contribution < -0.4 is 0 Å². The molecule has 0 spiro atoms. The largest absolute Gasteiger partial charge is 0.419 e. The van der Waals surface area contributed by atoms with Gasteiger partial charge in [-0.15, -0.1) is 0 Å². The number of rotatable bonds is 1. The van der Waals surface area contributed by atoms with Gasteiger partial charge in [-0.1, -0.05) is 11.6 Å². The van der Waals surface area contributed by atoms with Gasteiger partial charge in [-0.2, -0.15) is 18.3 Å². The maximum Gasteiger partial charge on any atom is 0.419 e. The average molecular weight is 326 g/mol. The zero-order valence-electron chi connectivity index (χ0n) is 8.17. The van der Waals surface area contributed by atoms with Gasteiger partial charge in [0.1, 0.15) is 0 Å². The second kappa shape index (κ2) is 4.34. The molecule has 0 unspecified atom stereocenters. The lowest BCUT2D eigenvalue weighted by Crippen LogP contribution is -2.03. The molecule has 0 aliphatic carbocycles. The fourth-order valence-electron chi connectivity index (χ4n) is 1.27. The molecule has 0 aliphatic heterocycles. The highest BCUT2D eigenvalue weighted by Gasteiger charge is 2.32. The minimum Gasteiger partial charge on any atom is -0.239 e. The van der Waals surface area contributed by atoms with Crippen molar-refractivity contribution >= 4 is 27.5 Å². The Bertz CT molecular complexity index is 551. The fraction of sp³-hybridized carbons (Fsp3) is 0.100. The highest BCUT2D eigenvalue weighted by Crippen LogP contribution is 2.30. The Morgan fingerprint density at radius 1 is 1.29 bits per heavy atom. The van der Waals surface area contributed by atoms with E-state index in [2.05, 4.69) is 21.0 Å². The van der Waals surface area contributed by atoms with Gasteiger partial charge in [0.2, 0.25) is 0 Å². The summed E-state index contributed by atoms with van der Waals surface area (Å²) in [5, 5.41) is 4.16. The number of aromatic nitrogens is 2. The maximum absolute atomic E-state index is 12.4. The van der Waals surface area contributed by atoms with Crippen LogP contribution in [0.4, 0.5) is 13.2 Å². The predicted molar refractivity (Wildman–Crippen MR) is 61.3 cm³/mol. The third-order valence-electron chi connectivity index (χ3n) is 2.07. The van der Waals surface area contributed by atoms with E-state index in [1.165, 1.54) is 0 Å². The molecule has 0 atom stereocenters. The molecule has 0 N–H and O–H groups in total.